The van der Waals surface area contributed by atoms with Gasteiger partial charge in [0.15, 0.2) is 0 Å². The van der Waals surface area contributed by atoms with Crippen molar-refractivity contribution in [1.29, 1.82) is 0 Å². The number of Topliss-reactive ketones (excluding diaryl/α,β-unsaturated/α-hetero) is 1. The minimum absolute atomic E-state index is 0.223. The number of hydrogen-bond donors (Lipinski definition) is 0. The first kappa shape index (κ1) is 11.9. The summed E-state index contributed by atoms with van der Waals surface area (Å²) in [5.41, 5.74) is 1.00. The van der Waals surface area contributed by atoms with E-state index in [2.05, 4.69) is 4.98 Å². The predicted molar refractivity (Wildman–Crippen MR) is 67.0 cm³/mol. The molecular formula is C13H13ClN2O. The van der Waals surface area contributed by atoms with Crippen molar-refractivity contribution in [3.63, 3.8) is 0 Å². The van der Waals surface area contributed by atoms with Crippen LogP contribution in [-0.2, 0) is 17.8 Å². The molecular weight excluding hydrogens is 236 g/mol. The van der Waals surface area contributed by atoms with E-state index in [1.165, 1.54) is 0 Å². The van der Waals surface area contributed by atoms with Crippen molar-refractivity contribution < 1.29 is 4.79 Å². The molecule has 0 spiro atoms. The summed E-state index contributed by atoms with van der Waals surface area (Å²) in [6.45, 7) is 0.687. The van der Waals surface area contributed by atoms with Crippen LogP contribution in [0.3, 0.4) is 0 Å². The molecule has 0 radical (unpaired) electrons. The fraction of sp³-hybridized carbons (Fsp3) is 0.231. The predicted octanol–water partition coefficient (Wildman–Crippen LogP) is 2.74. The summed E-state index contributed by atoms with van der Waals surface area (Å²) < 4.78 is 1.90. The third kappa shape index (κ3) is 3.71. The molecule has 17 heavy (non-hydrogen) atoms. The van der Waals surface area contributed by atoms with Crippen LogP contribution in [0.2, 0.25) is 5.02 Å². The van der Waals surface area contributed by atoms with Crippen LogP contribution >= 0.6 is 11.6 Å². The first-order valence-electron chi connectivity index (χ1n) is 5.46. The molecule has 0 aliphatic heterocycles. The van der Waals surface area contributed by atoms with Gasteiger partial charge < -0.3 is 4.57 Å². The zero-order valence-corrected chi connectivity index (χ0v) is 10.1. The van der Waals surface area contributed by atoms with Crippen LogP contribution in [0.4, 0.5) is 0 Å². The highest BCUT2D eigenvalue weighted by Gasteiger charge is 2.04. The van der Waals surface area contributed by atoms with Crippen LogP contribution in [0.5, 0.6) is 0 Å². The number of hydrogen-bond acceptors (Lipinski definition) is 2. The molecule has 0 amide bonds. The summed E-state index contributed by atoms with van der Waals surface area (Å²) in [6.07, 6.45) is 6.28. The fourth-order valence-electron chi connectivity index (χ4n) is 1.59. The topological polar surface area (TPSA) is 34.9 Å². The van der Waals surface area contributed by atoms with Gasteiger partial charge in [-0.3, -0.25) is 4.79 Å². The standard InChI is InChI=1S/C13H13ClN2O/c14-12-3-1-11(2-4-12)9-13(17)5-7-16-8-6-15-10-16/h1-4,6,8,10H,5,7,9H2. The number of imidazole rings is 1. The highest BCUT2D eigenvalue weighted by molar-refractivity contribution is 6.30. The van der Waals surface area contributed by atoms with Gasteiger partial charge in [-0.05, 0) is 17.7 Å². The number of carbonyl (C=O) groups excluding carboxylic acids is 1. The molecule has 1 aromatic heterocycles. The Morgan fingerprint density at radius 2 is 2.06 bits per heavy atom. The van der Waals surface area contributed by atoms with Crippen molar-refractivity contribution in [3.8, 4) is 0 Å². The van der Waals surface area contributed by atoms with Crippen LogP contribution in [0.15, 0.2) is 43.0 Å². The minimum Gasteiger partial charge on any atom is -0.337 e. The molecule has 3 nitrogen and oxygen atoms in total. The number of carbonyl (C=O) groups is 1. The maximum absolute atomic E-state index is 11.7. The number of benzene rings is 1. The van der Waals surface area contributed by atoms with E-state index >= 15 is 0 Å². The largest absolute Gasteiger partial charge is 0.337 e. The number of nitrogens with zero attached hydrogens (tertiary/aromatic N) is 2. The fourth-order valence-corrected chi connectivity index (χ4v) is 1.72. The summed E-state index contributed by atoms with van der Waals surface area (Å²) in [6, 6.07) is 7.38. The summed E-state index contributed by atoms with van der Waals surface area (Å²) in [7, 11) is 0. The van der Waals surface area contributed by atoms with Gasteiger partial charge in [0, 0.05) is 36.8 Å². The molecule has 88 valence electrons. The molecule has 2 aromatic rings. The van der Waals surface area contributed by atoms with E-state index in [1.807, 2.05) is 22.9 Å². The maximum atomic E-state index is 11.7. The lowest BCUT2D eigenvalue weighted by Crippen LogP contribution is -2.07. The monoisotopic (exact) mass is 248 g/mol. The quantitative estimate of drug-likeness (QED) is 0.816. The summed E-state index contributed by atoms with van der Waals surface area (Å²) in [5, 5.41) is 0.694. The number of aryl methyl sites for hydroxylation is 1. The number of rotatable bonds is 5. The third-order valence-corrected chi connectivity index (χ3v) is 2.77. The second kappa shape index (κ2) is 5.64. The molecule has 0 aliphatic carbocycles. The number of ketones is 1. The SMILES string of the molecule is O=C(CCn1ccnc1)Cc1ccc(Cl)cc1. The molecule has 0 saturated carbocycles. The summed E-state index contributed by atoms with van der Waals surface area (Å²) >= 11 is 5.78. The molecule has 2 rings (SSSR count). The second-order valence-electron chi connectivity index (χ2n) is 3.89. The Hall–Kier alpha value is -1.61. The van der Waals surface area contributed by atoms with Crippen LogP contribution < -0.4 is 0 Å². The molecule has 0 aliphatic rings. The molecule has 0 unspecified atom stereocenters. The molecule has 1 aromatic carbocycles. The Kier molecular flexibility index (Phi) is 3.94. The van der Waals surface area contributed by atoms with Gasteiger partial charge in [-0.1, -0.05) is 23.7 Å². The van der Waals surface area contributed by atoms with Gasteiger partial charge in [0.25, 0.3) is 0 Å². The Morgan fingerprint density at radius 1 is 1.29 bits per heavy atom. The normalized spacial score (nSPS) is 10.4. The zero-order valence-electron chi connectivity index (χ0n) is 9.34. The molecule has 0 fully saturated rings. The van der Waals surface area contributed by atoms with E-state index < -0.39 is 0 Å². The smallest absolute Gasteiger partial charge is 0.139 e. The van der Waals surface area contributed by atoms with Gasteiger partial charge in [-0.25, -0.2) is 4.98 Å². The van der Waals surface area contributed by atoms with Gasteiger partial charge in [0.05, 0.1) is 6.33 Å². The molecule has 0 bridgehead atoms. The van der Waals surface area contributed by atoms with Gasteiger partial charge in [0.1, 0.15) is 5.78 Å². The van der Waals surface area contributed by atoms with Crippen LogP contribution in [0, 0.1) is 0 Å². The van der Waals surface area contributed by atoms with Crippen LogP contribution in [0.25, 0.3) is 0 Å². The van der Waals surface area contributed by atoms with Gasteiger partial charge in [-0.15, -0.1) is 0 Å². The highest BCUT2D eigenvalue weighted by Crippen LogP contribution is 2.10. The molecule has 0 saturated heterocycles. The van der Waals surface area contributed by atoms with Gasteiger partial charge >= 0.3 is 0 Å². The van der Waals surface area contributed by atoms with Crippen LogP contribution in [-0.4, -0.2) is 15.3 Å². The molecule has 1 heterocycles. The zero-order chi connectivity index (χ0) is 12.1. The van der Waals surface area contributed by atoms with Crippen molar-refractivity contribution in [1.82, 2.24) is 9.55 Å². The van der Waals surface area contributed by atoms with Gasteiger partial charge in [0.2, 0.25) is 0 Å². The van der Waals surface area contributed by atoms with Crippen molar-refractivity contribution in [2.75, 3.05) is 0 Å². The van der Waals surface area contributed by atoms with Crippen molar-refractivity contribution in [3.05, 3.63) is 53.6 Å². The lowest BCUT2D eigenvalue weighted by atomic mass is 10.1. The Bertz CT molecular complexity index is 477. The van der Waals surface area contributed by atoms with Crippen molar-refractivity contribution in [2.45, 2.75) is 19.4 Å². The lowest BCUT2D eigenvalue weighted by molar-refractivity contribution is -0.118. The molecule has 0 N–H and O–H groups in total. The van der Waals surface area contributed by atoms with Crippen LogP contribution in [0.1, 0.15) is 12.0 Å². The molecule has 4 heteroatoms. The average Bonchev–Trinajstić information content (AvgIpc) is 2.83. The number of halogens is 1. The van der Waals surface area contributed by atoms with E-state index in [4.69, 9.17) is 11.6 Å². The third-order valence-electron chi connectivity index (χ3n) is 2.52. The minimum atomic E-state index is 0.223. The highest BCUT2D eigenvalue weighted by atomic mass is 35.5. The Labute approximate surface area is 105 Å². The summed E-state index contributed by atoms with van der Waals surface area (Å²) in [5.74, 6) is 0.223. The van der Waals surface area contributed by atoms with Crippen molar-refractivity contribution in [2.24, 2.45) is 0 Å². The maximum Gasteiger partial charge on any atom is 0.139 e. The van der Waals surface area contributed by atoms with E-state index in [1.54, 1.807) is 24.7 Å². The second-order valence-corrected chi connectivity index (χ2v) is 4.33. The van der Waals surface area contributed by atoms with E-state index in [0.29, 0.717) is 24.4 Å². The lowest BCUT2D eigenvalue weighted by Gasteiger charge is -2.02. The molecule has 0 atom stereocenters. The van der Waals surface area contributed by atoms with E-state index in [0.717, 1.165) is 5.56 Å². The summed E-state index contributed by atoms with van der Waals surface area (Å²) in [4.78, 5) is 15.7. The van der Waals surface area contributed by atoms with Crippen molar-refractivity contribution >= 4 is 17.4 Å². The average molecular weight is 249 g/mol. The van der Waals surface area contributed by atoms with E-state index in [-0.39, 0.29) is 5.78 Å². The first-order chi connectivity index (χ1) is 8.24. The number of aromatic nitrogens is 2. The Morgan fingerprint density at radius 3 is 2.71 bits per heavy atom. The Balaban J connectivity index is 1.83. The van der Waals surface area contributed by atoms with Gasteiger partial charge in [-0.2, -0.15) is 0 Å². The van der Waals surface area contributed by atoms with E-state index in [9.17, 15) is 4.79 Å². The first-order valence-corrected chi connectivity index (χ1v) is 5.84.